The summed E-state index contributed by atoms with van der Waals surface area (Å²) >= 11 is 0. The van der Waals surface area contributed by atoms with Crippen molar-refractivity contribution in [1.82, 2.24) is 5.32 Å². The van der Waals surface area contributed by atoms with Gasteiger partial charge in [0.15, 0.2) is 11.5 Å². The van der Waals surface area contributed by atoms with Crippen LogP contribution in [0.15, 0.2) is 18.2 Å². The molecule has 1 aliphatic carbocycles. The fourth-order valence-electron chi connectivity index (χ4n) is 2.97. The molecule has 0 aliphatic heterocycles. The molecule has 1 atom stereocenters. The molecule has 3 nitrogen and oxygen atoms in total. The largest absolute Gasteiger partial charge is 0.493 e. The van der Waals surface area contributed by atoms with E-state index in [0.29, 0.717) is 6.04 Å². The van der Waals surface area contributed by atoms with E-state index in [9.17, 15) is 0 Å². The number of rotatable bonds is 6. The van der Waals surface area contributed by atoms with Gasteiger partial charge in [-0.1, -0.05) is 25.3 Å². The third-order valence-corrected chi connectivity index (χ3v) is 4.35. The van der Waals surface area contributed by atoms with E-state index in [0.717, 1.165) is 24.0 Å². The lowest BCUT2D eigenvalue weighted by Crippen LogP contribution is -2.27. The predicted octanol–water partition coefficient (Wildman–Crippen LogP) is 3.93. The highest BCUT2D eigenvalue weighted by molar-refractivity contribution is 5.43. The smallest absolute Gasteiger partial charge is 0.161 e. The summed E-state index contributed by atoms with van der Waals surface area (Å²) in [5.41, 5.74) is 1.25. The van der Waals surface area contributed by atoms with Gasteiger partial charge in [-0.05, 0) is 49.9 Å². The van der Waals surface area contributed by atoms with Crippen molar-refractivity contribution in [2.45, 2.75) is 45.1 Å². The van der Waals surface area contributed by atoms with Crippen LogP contribution >= 0.6 is 0 Å². The van der Waals surface area contributed by atoms with E-state index in [4.69, 9.17) is 9.47 Å². The molecular formula is C17H27NO2. The first kappa shape index (κ1) is 15.2. The van der Waals surface area contributed by atoms with Crippen LogP contribution in [0.25, 0.3) is 0 Å². The molecule has 1 aromatic carbocycles. The van der Waals surface area contributed by atoms with Crippen LogP contribution < -0.4 is 14.8 Å². The summed E-state index contributed by atoms with van der Waals surface area (Å²) in [5, 5.41) is 3.66. The Morgan fingerprint density at radius 2 is 1.80 bits per heavy atom. The molecule has 3 heteroatoms. The summed E-state index contributed by atoms with van der Waals surface area (Å²) in [6.07, 6.45) is 6.98. The third kappa shape index (κ3) is 3.89. The zero-order chi connectivity index (χ0) is 14.4. The van der Waals surface area contributed by atoms with Gasteiger partial charge in [0.2, 0.25) is 0 Å². The Morgan fingerprint density at radius 3 is 2.45 bits per heavy atom. The van der Waals surface area contributed by atoms with Gasteiger partial charge in [0.05, 0.1) is 14.2 Å². The molecule has 1 fully saturated rings. The molecule has 112 valence electrons. The second-order valence-electron chi connectivity index (χ2n) is 5.75. The zero-order valence-electron chi connectivity index (χ0n) is 12.9. The van der Waals surface area contributed by atoms with Gasteiger partial charge in [-0.3, -0.25) is 0 Å². The Labute approximate surface area is 122 Å². The fourth-order valence-corrected chi connectivity index (χ4v) is 2.97. The van der Waals surface area contributed by atoms with E-state index in [1.54, 1.807) is 14.2 Å². The maximum atomic E-state index is 5.37. The van der Waals surface area contributed by atoms with Gasteiger partial charge in [0.1, 0.15) is 0 Å². The molecule has 1 N–H and O–H groups in total. The van der Waals surface area contributed by atoms with Crippen molar-refractivity contribution in [3.05, 3.63) is 23.8 Å². The van der Waals surface area contributed by atoms with Crippen LogP contribution in [0, 0.1) is 5.92 Å². The van der Waals surface area contributed by atoms with Gasteiger partial charge in [-0.25, -0.2) is 0 Å². The average molecular weight is 277 g/mol. The number of hydrogen-bond acceptors (Lipinski definition) is 3. The van der Waals surface area contributed by atoms with Crippen molar-refractivity contribution in [1.29, 1.82) is 0 Å². The maximum absolute atomic E-state index is 5.37. The number of benzene rings is 1. The first-order valence-electron chi connectivity index (χ1n) is 7.70. The lowest BCUT2D eigenvalue weighted by Gasteiger charge is -2.24. The van der Waals surface area contributed by atoms with Gasteiger partial charge >= 0.3 is 0 Å². The normalized spacial score (nSPS) is 17.8. The fraction of sp³-hybridized carbons (Fsp3) is 0.647. The minimum Gasteiger partial charge on any atom is -0.493 e. The number of nitrogens with one attached hydrogen (secondary N) is 1. The standard InChI is InChI=1S/C17H27NO2/c1-13(18-12-14-7-5-4-6-8-14)15-9-10-16(19-2)17(11-15)20-3/h9-11,13-14,18H,4-8,12H2,1-3H3. The molecule has 0 heterocycles. The first-order chi connectivity index (χ1) is 9.74. The molecule has 1 aromatic rings. The van der Waals surface area contributed by atoms with Crippen LogP contribution in [0.4, 0.5) is 0 Å². The van der Waals surface area contributed by atoms with Crippen molar-refractivity contribution in [3.8, 4) is 11.5 Å². The molecular weight excluding hydrogens is 250 g/mol. The summed E-state index contributed by atoms with van der Waals surface area (Å²) in [6, 6.07) is 6.50. The second-order valence-corrected chi connectivity index (χ2v) is 5.75. The maximum Gasteiger partial charge on any atom is 0.161 e. The Morgan fingerprint density at radius 1 is 1.10 bits per heavy atom. The van der Waals surface area contributed by atoms with Crippen LogP contribution in [0.2, 0.25) is 0 Å². The van der Waals surface area contributed by atoms with Gasteiger partial charge in [0.25, 0.3) is 0 Å². The number of methoxy groups -OCH3 is 2. The monoisotopic (exact) mass is 277 g/mol. The minimum absolute atomic E-state index is 0.344. The Hall–Kier alpha value is -1.22. The molecule has 0 aromatic heterocycles. The quantitative estimate of drug-likeness (QED) is 0.854. The van der Waals surface area contributed by atoms with Crippen LogP contribution in [0.3, 0.4) is 0 Å². The molecule has 0 amide bonds. The van der Waals surface area contributed by atoms with Gasteiger partial charge in [0, 0.05) is 6.04 Å². The van der Waals surface area contributed by atoms with E-state index in [-0.39, 0.29) is 0 Å². The first-order valence-corrected chi connectivity index (χ1v) is 7.70. The molecule has 0 spiro atoms. The molecule has 1 aliphatic rings. The molecule has 2 rings (SSSR count). The molecule has 20 heavy (non-hydrogen) atoms. The Balaban J connectivity index is 1.92. The summed E-state index contributed by atoms with van der Waals surface area (Å²) in [7, 11) is 3.35. The van der Waals surface area contributed by atoms with Gasteiger partial charge in [-0.15, -0.1) is 0 Å². The summed E-state index contributed by atoms with van der Waals surface area (Å²) in [6.45, 7) is 3.33. The average Bonchev–Trinajstić information content (AvgIpc) is 2.52. The molecule has 0 bridgehead atoms. The van der Waals surface area contributed by atoms with Gasteiger partial charge in [-0.2, -0.15) is 0 Å². The topological polar surface area (TPSA) is 30.5 Å². The van der Waals surface area contributed by atoms with Crippen molar-refractivity contribution in [3.63, 3.8) is 0 Å². The van der Waals surface area contributed by atoms with Crippen LogP contribution in [0.1, 0.15) is 50.6 Å². The number of ether oxygens (including phenoxy) is 2. The Bertz CT molecular complexity index is 413. The minimum atomic E-state index is 0.344. The lowest BCUT2D eigenvalue weighted by molar-refractivity contribution is 0.330. The highest BCUT2D eigenvalue weighted by Gasteiger charge is 2.15. The summed E-state index contributed by atoms with van der Waals surface area (Å²) in [5.74, 6) is 2.44. The van der Waals surface area contributed by atoms with Crippen molar-refractivity contribution >= 4 is 0 Å². The summed E-state index contributed by atoms with van der Waals surface area (Å²) in [4.78, 5) is 0. The Kier molecular flexibility index (Phi) is 5.72. The van der Waals surface area contributed by atoms with Crippen LogP contribution in [0.5, 0.6) is 11.5 Å². The van der Waals surface area contributed by atoms with Crippen molar-refractivity contribution in [2.75, 3.05) is 20.8 Å². The van der Waals surface area contributed by atoms with Crippen LogP contribution in [-0.2, 0) is 0 Å². The van der Waals surface area contributed by atoms with E-state index in [2.05, 4.69) is 24.4 Å². The molecule has 0 saturated heterocycles. The highest BCUT2D eigenvalue weighted by Crippen LogP contribution is 2.30. The van der Waals surface area contributed by atoms with Crippen LogP contribution in [-0.4, -0.2) is 20.8 Å². The molecule has 1 saturated carbocycles. The second kappa shape index (κ2) is 7.53. The highest BCUT2D eigenvalue weighted by atomic mass is 16.5. The van der Waals surface area contributed by atoms with Crippen molar-refractivity contribution < 1.29 is 9.47 Å². The van der Waals surface area contributed by atoms with E-state index < -0.39 is 0 Å². The third-order valence-electron chi connectivity index (χ3n) is 4.35. The van der Waals surface area contributed by atoms with E-state index in [1.165, 1.54) is 37.7 Å². The lowest BCUT2D eigenvalue weighted by atomic mass is 9.89. The van der Waals surface area contributed by atoms with E-state index >= 15 is 0 Å². The predicted molar refractivity (Wildman–Crippen MR) is 82.5 cm³/mol. The SMILES string of the molecule is COc1ccc(C(C)NCC2CCCCC2)cc1OC. The van der Waals surface area contributed by atoms with E-state index in [1.807, 2.05) is 6.07 Å². The zero-order valence-corrected chi connectivity index (χ0v) is 12.9. The van der Waals surface area contributed by atoms with Crippen molar-refractivity contribution in [2.24, 2.45) is 5.92 Å². The molecule has 0 radical (unpaired) electrons. The molecule has 1 unspecified atom stereocenters. The number of hydrogen-bond donors (Lipinski definition) is 1. The van der Waals surface area contributed by atoms with Gasteiger partial charge < -0.3 is 14.8 Å². The summed E-state index contributed by atoms with van der Waals surface area (Å²) < 4.78 is 10.6.